The monoisotopic (exact) mass is 309 g/mol. The number of aryl methyl sites for hydroxylation is 1. The molecule has 2 N–H and O–H groups in total. The predicted molar refractivity (Wildman–Crippen MR) is 83.6 cm³/mol. The third-order valence-corrected chi connectivity index (χ3v) is 6.14. The van der Waals surface area contributed by atoms with Gasteiger partial charge in [-0.2, -0.15) is 0 Å². The van der Waals surface area contributed by atoms with Crippen molar-refractivity contribution in [2.24, 2.45) is 17.3 Å². The number of hydrogen-bond acceptors (Lipinski definition) is 3. The Morgan fingerprint density at radius 1 is 1.38 bits per heavy atom. The zero-order valence-corrected chi connectivity index (χ0v) is 13.8. The van der Waals surface area contributed by atoms with E-state index in [0.717, 1.165) is 16.9 Å². The second-order valence-electron chi connectivity index (χ2n) is 6.59. The Morgan fingerprint density at radius 3 is 2.57 bits per heavy atom. The maximum atomic E-state index is 12.3. The SMILES string of the molecule is Cc1ccsc1C(=O)NC1CCC(C(=O)O)C(C)(C)C1C. The fraction of sp³-hybridized carbons (Fsp3) is 0.625. The average Bonchev–Trinajstić information content (AvgIpc) is 2.81. The number of thiophene rings is 1. The molecule has 3 atom stereocenters. The summed E-state index contributed by atoms with van der Waals surface area (Å²) in [6.07, 6.45) is 1.33. The van der Waals surface area contributed by atoms with Crippen LogP contribution in [0.4, 0.5) is 0 Å². The van der Waals surface area contributed by atoms with Crippen LogP contribution >= 0.6 is 11.3 Å². The van der Waals surface area contributed by atoms with Crippen LogP contribution in [0.15, 0.2) is 11.4 Å². The summed E-state index contributed by atoms with van der Waals surface area (Å²) in [5.74, 6) is -0.990. The Kier molecular flexibility index (Phi) is 4.42. The third kappa shape index (κ3) is 2.98. The van der Waals surface area contributed by atoms with Crippen molar-refractivity contribution >= 4 is 23.2 Å². The third-order valence-electron chi connectivity index (χ3n) is 5.12. The minimum atomic E-state index is -0.731. The zero-order chi connectivity index (χ0) is 15.8. The smallest absolute Gasteiger partial charge is 0.307 e. The number of carboxylic acid groups (broad SMARTS) is 1. The van der Waals surface area contributed by atoms with Gasteiger partial charge in [0.15, 0.2) is 0 Å². The Labute approximate surface area is 129 Å². The van der Waals surface area contributed by atoms with Crippen molar-refractivity contribution in [1.29, 1.82) is 0 Å². The van der Waals surface area contributed by atoms with E-state index in [0.29, 0.717) is 6.42 Å². The first kappa shape index (κ1) is 16.0. The van der Waals surface area contributed by atoms with Crippen LogP contribution in [0.1, 0.15) is 48.8 Å². The highest BCUT2D eigenvalue weighted by atomic mass is 32.1. The number of nitrogens with one attached hydrogen (secondary N) is 1. The highest BCUT2D eigenvalue weighted by molar-refractivity contribution is 7.12. The van der Waals surface area contributed by atoms with Gasteiger partial charge in [0.05, 0.1) is 10.8 Å². The van der Waals surface area contributed by atoms with Crippen molar-refractivity contribution < 1.29 is 14.7 Å². The molecular formula is C16H23NO3S. The van der Waals surface area contributed by atoms with Gasteiger partial charge >= 0.3 is 5.97 Å². The maximum Gasteiger partial charge on any atom is 0.307 e. The van der Waals surface area contributed by atoms with Crippen LogP contribution in [0, 0.1) is 24.2 Å². The predicted octanol–water partition coefficient (Wildman–Crippen LogP) is 3.31. The molecule has 0 spiro atoms. The van der Waals surface area contributed by atoms with Crippen LogP contribution in [0.5, 0.6) is 0 Å². The van der Waals surface area contributed by atoms with E-state index in [9.17, 15) is 14.7 Å². The van der Waals surface area contributed by atoms with Crippen molar-refractivity contribution in [3.8, 4) is 0 Å². The summed E-state index contributed by atoms with van der Waals surface area (Å²) in [4.78, 5) is 24.5. The molecule has 1 amide bonds. The summed E-state index contributed by atoms with van der Waals surface area (Å²) in [6, 6.07) is 1.97. The molecule has 0 aromatic carbocycles. The molecule has 3 unspecified atom stereocenters. The van der Waals surface area contributed by atoms with Gasteiger partial charge in [-0.15, -0.1) is 11.3 Å². The molecule has 116 valence electrons. The molecular weight excluding hydrogens is 286 g/mol. The van der Waals surface area contributed by atoms with Gasteiger partial charge < -0.3 is 10.4 Å². The number of rotatable bonds is 3. The molecule has 1 heterocycles. The molecule has 1 aliphatic carbocycles. The standard InChI is InChI=1S/C16H23NO3S/c1-9-7-8-21-13(9)14(18)17-12-6-5-11(15(19)20)16(3,4)10(12)2/h7-8,10-12H,5-6H2,1-4H3,(H,17,18)(H,19,20). The maximum absolute atomic E-state index is 12.3. The zero-order valence-electron chi connectivity index (χ0n) is 13.0. The molecule has 21 heavy (non-hydrogen) atoms. The topological polar surface area (TPSA) is 66.4 Å². The molecule has 0 bridgehead atoms. The highest BCUT2D eigenvalue weighted by Crippen LogP contribution is 2.45. The molecule has 0 saturated heterocycles. The van der Waals surface area contributed by atoms with E-state index in [1.807, 2.05) is 39.1 Å². The van der Waals surface area contributed by atoms with Crippen molar-refractivity contribution in [3.63, 3.8) is 0 Å². The normalized spacial score (nSPS) is 28.1. The molecule has 5 heteroatoms. The minimum Gasteiger partial charge on any atom is -0.481 e. The molecule has 0 aliphatic heterocycles. The summed E-state index contributed by atoms with van der Waals surface area (Å²) in [5, 5.41) is 14.4. The van der Waals surface area contributed by atoms with Crippen molar-refractivity contribution in [3.05, 3.63) is 21.9 Å². The first-order valence-corrected chi connectivity index (χ1v) is 8.21. The van der Waals surface area contributed by atoms with E-state index in [4.69, 9.17) is 0 Å². The number of aliphatic carboxylic acids is 1. The van der Waals surface area contributed by atoms with Gasteiger partial charge in [0, 0.05) is 6.04 Å². The number of carboxylic acids is 1. The van der Waals surface area contributed by atoms with Crippen LogP contribution in [-0.4, -0.2) is 23.0 Å². The summed E-state index contributed by atoms with van der Waals surface area (Å²) in [7, 11) is 0. The second-order valence-corrected chi connectivity index (χ2v) is 7.51. The van der Waals surface area contributed by atoms with Crippen LogP contribution in [0.3, 0.4) is 0 Å². The lowest BCUT2D eigenvalue weighted by atomic mass is 9.61. The van der Waals surface area contributed by atoms with Crippen LogP contribution in [0.25, 0.3) is 0 Å². The number of hydrogen-bond donors (Lipinski definition) is 2. The molecule has 1 aromatic heterocycles. The van der Waals surface area contributed by atoms with Crippen LogP contribution in [0.2, 0.25) is 0 Å². The number of amides is 1. The van der Waals surface area contributed by atoms with Gasteiger partial charge in [0.1, 0.15) is 0 Å². The lowest BCUT2D eigenvalue weighted by Gasteiger charge is -2.46. The van der Waals surface area contributed by atoms with E-state index < -0.39 is 5.97 Å². The molecule has 1 aliphatic rings. The van der Waals surface area contributed by atoms with Gasteiger partial charge in [0.2, 0.25) is 0 Å². The largest absolute Gasteiger partial charge is 0.481 e. The molecule has 1 fully saturated rings. The Morgan fingerprint density at radius 2 is 2.05 bits per heavy atom. The Balaban J connectivity index is 2.11. The average molecular weight is 309 g/mol. The first-order chi connectivity index (χ1) is 9.75. The summed E-state index contributed by atoms with van der Waals surface area (Å²) in [5.41, 5.74) is 0.663. The second kappa shape index (κ2) is 5.79. The van der Waals surface area contributed by atoms with Crippen LogP contribution < -0.4 is 5.32 Å². The van der Waals surface area contributed by atoms with Gasteiger partial charge in [-0.25, -0.2) is 0 Å². The van der Waals surface area contributed by atoms with E-state index in [-0.39, 0.29) is 29.2 Å². The van der Waals surface area contributed by atoms with Crippen molar-refractivity contribution in [2.75, 3.05) is 0 Å². The fourth-order valence-electron chi connectivity index (χ4n) is 3.28. The van der Waals surface area contributed by atoms with Gasteiger partial charge in [0.25, 0.3) is 5.91 Å². The summed E-state index contributed by atoms with van der Waals surface area (Å²) in [6.45, 7) is 7.96. The molecule has 4 nitrogen and oxygen atoms in total. The molecule has 0 radical (unpaired) electrons. The van der Waals surface area contributed by atoms with Gasteiger partial charge in [-0.05, 0) is 48.1 Å². The molecule has 2 rings (SSSR count). The van der Waals surface area contributed by atoms with E-state index >= 15 is 0 Å². The summed E-state index contributed by atoms with van der Waals surface area (Å²) >= 11 is 1.45. The lowest BCUT2D eigenvalue weighted by molar-refractivity contribution is -0.150. The van der Waals surface area contributed by atoms with E-state index in [2.05, 4.69) is 5.32 Å². The first-order valence-electron chi connectivity index (χ1n) is 7.33. The van der Waals surface area contributed by atoms with Crippen LogP contribution in [-0.2, 0) is 4.79 Å². The van der Waals surface area contributed by atoms with E-state index in [1.54, 1.807) is 0 Å². The molecule has 1 saturated carbocycles. The lowest BCUT2D eigenvalue weighted by Crippen LogP contribution is -2.52. The fourth-order valence-corrected chi connectivity index (χ4v) is 4.11. The molecule has 1 aromatic rings. The quantitative estimate of drug-likeness (QED) is 0.900. The number of carbonyl (C=O) groups is 2. The Hall–Kier alpha value is -1.36. The van der Waals surface area contributed by atoms with Crippen molar-refractivity contribution in [2.45, 2.75) is 46.6 Å². The number of carbonyl (C=O) groups excluding carboxylic acids is 1. The van der Waals surface area contributed by atoms with E-state index in [1.165, 1.54) is 11.3 Å². The Bertz CT molecular complexity index is 549. The van der Waals surface area contributed by atoms with Crippen molar-refractivity contribution in [1.82, 2.24) is 5.32 Å². The van der Waals surface area contributed by atoms with Gasteiger partial charge in [-0.3, -0.25) is 9.59 Å². The summed E-state index contributed by atoms with van der Waals surface area (Å²) < 4.78 is 0. The minimum absolute atomic E-state index is 0.0320. The van der Waals surface area contributed by atoms with Gasteiger partial charge in [-0.1, -0.05) is 20.8 Å². The highest BCUT2D eigenvalue weighted by Gasteiger charge is 2.46.